The number of aliphatic hydroxyl groups is 1. The Balaban J connectivity index is 2.26. The topological polar surface area (TPSA) is 110 Å². The van der Waals surface area contributed by atoms with Crippen LogP contribution in [0.25, 0.3) is 0 Å². The molecule has 7 nitrogen and oxygen atoms in total. The van der Waals surface area contributed by atoms with Crippen molar-refractivity contribution in [2.24, 2.45) is 0 Å². The number of carbonyl (C=O) groups is 1. The molecule has 0 radical (unpaired) electrons. The van der Waals surface area contributed by atoms with Crippen molar-refractivity contribution in [1.29, 1.82) is 0 Å². The summed E-state index contributed by atoms with van der Waals surface area (Å²) in [5.41, 5.74) is -0.568. The van der Waals surface area contributed by atoms with E-state index in [1.54, 1.807) is 0 Å². The molecule has 0 aliphatic heterocycles. The van der Waals surface area contributed by atoms with E-state index in [-0.39, 0.29) is 17.0 Å². The van der Waals surface area contributed by atoms with Gasteiger partial charge in [0.25, 0.3) is 5.69 Å². The summed E-state index contributed by atoms with van der Waals surface area (Å²) in [5.74, 6) is -1.24. The number of carboxylic acid groups (broad SMARTS) is 1. The first kappa shape index (κ1) is 15.2. The van der Waals surface area contributed by atoms with Crippen LogP contribution in [0.4, 0.5) is 5.69 Å². The van der Waals surface area contributed by atoms with Crippen molar-refractivity contribution in [3.63, 3.8) is 0 Å². The van der Waals surface area contributed by atoms with Gasteiger partial charge in [-0.05, 0) is 25.3 Å². The number of carboxylic acids is 1. The summed E-state index contributed by atoms with van der Waals surface area (Å²) in [6, 6.07) is 3.45. The summed E-state index contributed by atoms with van der Waals surface area (Å²) in [4.78, 5) is 21.3. The molecular weight excluding hydrogens is 278 g/mol. The summed E-state index contributed by atoms with van der Waals surface area (Å²) in [5, 5.41) is 29.9. The first-order chi connectivity index (χ1) is 9.99. The van der Waals surface area contributed by atoms with Gasteiger partial charge in [0.05, 0.1) is 11.0 Å². The quantitative estimate of drug-likeness (QED) is 0.501. The van der Waals surface area contributed by atoms with Crippen LogP contribution in [0.3, 0.4) is 0 Å². The normalized spacial score (nSPS) is 22.3. The zero-order chi connectivity index (χ0) is 15.4. The Kier molecular flexibility index (Phi) is 4.74. The van der Waals surface area contributed by atoms with Crippen LogP contribution in [0.15, 0.2) is 18.2 Å². The van der Waals surface area contributed by atoms with E-state index in [0.29, 0.717) is 12.8 Å². The molecule has 2 rings (SSSR count). The lowest BCUT2D eigenvalue weighted by molar-refractivity contribution is -0.384. The Morgan fingerprint density at radius 3 is 2.67 bits per heavy atom. The molecule has 1 aliphatic rings. The number of ether oxygens (including phenoxy) is 1. The van der Waals surface area contributed by atoms with Gasteiger partial charge in [0.2, 0.25) is 0 Å². The second-order valence-electron chi connectivity index (χ2n) is 5.10. The van der Waals surface area contributed by atoms with Gasteiger partial charge < -0.3 is 14.9 Å². The van der Waals surface area contributed by atoms with Crippen LogP contribution >= 0.6 is 0 Å². The fourth-order valence-electron chi connectivity index (χ4n) is 2.46. The molecule has 0 spiro atoms. The second kappa shape index (κ2) is 6.53. The highest BCUT2D eigenvalue weighted by molar-refractivity contribution is 5.91. The highest BCUT2D eigenvalue weighted by Gasteiger charge is 2.26. The Morgan fingerprint density at radius 2 is 2.00 bits per heavy atom. The van der Waals surface area contributed by atoms with Crippen LogP contribution in [0.5, 0.6) is 5.75 Å². The smallest absolute Gasteiger partial charge is 0.339 e. The van der Waals surface area contributed by atoms with Crippen LogP contribution < -0.4 is 4.74 Å². The SMILES string of the molecule is O=C(O)c1cc([N+](=O)[O-])ccc1OC1CCCCCC1O. The third-order valence-corrected chi connectivity index (χ3v) is 3.60. The minimum absolute atomic E-state index is 0.0547. The van der Waals surface area contributed by atoms with Gasteiger partial charge in [-0.1, -0.05) is 12.8 Å². The van der Waals surface area contributed by atoms with E-state index in [2.05, 4.69) is 0 Å². The lowest BCUT2D eigenvalue weighted by Crippen LogP contribution is -2.31. The lowest BCUT2D eigenvalue weighted by atomic mass is 10.1. The number of aliphatic hydroxyl groups excluding tert-OH is 1. The van der Waals surface area contributed by atoms with Crippen molar-refractivity contribution in [2.45, 2.75) is 44.3 Å². The number of non-ortho nitro benzene ring substituents is 1. The Morgan fingerprint density at radius 1 is 1.29 bits per heavy atom. The Hall–Kier alpha value is -2.15. The van der Waals surface area contributed by atoms with Crippen LogP contribution in [0.2, 0.25) is 0 Å². The number of benzene rings is 1. The van der Waals surface area contributed by atoms with Gasteiger partial charge >= 0.3 is 5.97 Å². The monoisotopic (exact) mass is 295 g/mol. The maximum Gasteiger partial charge on any atom is 0.339 e. The third-order valence-electron chi connectivity index (χ3n) is 3.60. The van der Waals surface area contributed by atoms with Gasteiger partial charge in [0, 0.05) is 12.1 Å². The number of nitrogens with zero attached hydrogens (tertiary/aromatic N) is 1. The van der Waals surface area contributed by atoms with Gasteiger partial charge in [-0.15, -0.1) is 0 Å². The molecule has 2 atom stereocenters. The van der Waals surface area contributed by atoms with Crippen molar-refractivity contribution in [3.05, 3.63) is 33.9 Å². The van der Waals surface area contributed by atoms with Crippen LogP contribution in [0.1, 0.15) is 42.5 Å². The molecule has 1 aromatic carbocycles. The van der Waals surface area contributed by atoms with E-state index in [4.69, 9.17) is 9.84 Å². The summed E-state index contributed by atoms with van der Waals surface area (Å²) in [6.07, 6.45) is 2.93. The van der Waals surface area contributed by atoms with Crippen molar-refractivity contribution < 1.29 is 24.7 Å². The first-order valence-electron chi connectivity index (χ1n) is 6.85. The molecule has 21 heavy (non-hydrogen) atoms. The van der Waals surface area contributed by atoms with Crippen molar-refractivity contribution in [2.75, 3.05) is 0 Å². The molecule has 7 heteroatoms. The summed E-state index contributed by atoms with van der Waals surface area (Å²) in [7, 11) is 0. The molecule has 0 bridgehead atoms. The summed E-state index contributed by atoms with van der Waals surface area (Å²) < 4.78 is 5.62. The minimum atomic E-state index is -1.29. The van der Waals surface area contributed by atoms with E-state index in [1.165, 1.54) is 12.1 Å². The summed E-state index contributed by atoms with van der Waals surface area (Å²) in [6.45, 7) is 0. The Labute approximate surface area is 121 Å². The molecule has 1 fully saturated rings. The second-order valence-corrected chi connectivity index (χ2v) is 5.10. The summed E-state index contributed by atoms with van der Waals surface area (Å²) >= 11 is 0. The van der Waals surface area contributed by atoms with Gasteiger partial charge in [-0.2, -0.15) is 0 Å². The van der Waals surface area contributed by atoms with E-state index < -0.39 is 23.1 Å². The number of hydrogen-bond acceptors (Lipinski definition) is 5. The maximum absolute atomic E-state index is 11.2. The van der Waals surface area contributed by atoms with Gasteiger partial charge in [0.1, 0.15) is 17.4 Å². The lowest BCUT2D eigenvalue weighted by Gasteiger charge is -2.22. The largest absolute Gasteiger partial charge is 0.487 e. The molecule has 1 aromatic rings. The van der Waals surface area contributed by atoms with E-state index in [1.807, 2.05) is 0 Å². The highest BCUT2D eigenvalue weighted by atomic mass is 16.6. The average Bonchev–Trinajstić information content (AvgIpc) is 2.64. The fraction of sp³-hybridized carbons (Fsp3) is 0.500. The molecule has 0 heterocycles. The van der Waals surface area contributed by atoms with E-state index in [9.17, 15) is 20.0 Å². The first-order valence-corrected chi connectivity index (χ1v) is 6.85. The Bertz CT molecular complexity index is 544. The number of rotatable bonds is 4. The van der Waals surface area contributed by atoms with Crippen molar-refractivity contribution in [1.82, 2.24) is 0 Å². The van der Waals surface area contributed by atoms with Crippen molar-refractivity contribution in [3.8, 4) is 5.75 Å². The average molecular weight is 295 g/mol. The minimum Gasteiger partial charge on any atom is -0.487 e. The van der Waals surface area contributed by atoms with Gasteiger partial charge in [-0.3, -0.25) is 10.1 Å². The predicted molar refractivity (Wildman–Crippen MR) is 73.6 cm³/mol. The number of hydrogen-bond donors (Lipinski definition) is 2. The van der Waals surface area contributed by atoms with Crippen LogP contribution in [-0.4, -0.2) is 33.3 Å². The predicted octanol–water partition coefficient (Wildman–Crippen LogP) is 2.37. The van der Waals surface area contributed by atoms with E-state index >= 15 is 0 Å². The molecule has 114 valence electrons. The molecule has 0 saturated heterocycles. The molecule has 2 unspecified atom stereocenters. The van der Waals surface area contributed by atoms with Crippen LogP contribution in [0, 0.1) is 10.1 Å². The molecule has 0 aromatic heterocycles. The number of aromatic carboxylic acids is 1. The molecule has 2 N–H and O–H groups in total. The zero-order valence-corrected chi connectivity index (χ0v) is 11.4. The van der Waals surface area contributed by atoms with Crippen LogP contribution in [-0.2, 0) is 0 Å². The molecule has 0 amide bonds. The third kappa shape index (κ3) is 3.69. The van der Waals surface area contributed by atoms with Gasteiger partial charge in [-0.25, -0.2) is 4.79 Å². The number of nitro groups is 1. The van der Waals surface area contributed by atoms with Gasteiger partial charge in [0.15, 0.2) is 0 Å². The molecule has 1 aliphatic carbocycles. The maximum atomic E-state index is 11.2. The van der Waals surface area contributed by atoms with Crippen molar-refractivity contribution >= 4 is 11.7 Å². The molecule has 1 saturated carbocycles. The fourth-order valence-corrected chi connectivity index (χ4v) is 2.46. The van der Waals surface area contributed by atoms with E-state index in [0.717, 1.165) is 25.3 Å². The number of nitro benzene ring substituents is 1. The zero-order valence-electron chi connectivity index (χ0n) is 11.4. The highest BCUT2D eigenvalue weighted by Crippen LogP contribution is 2.28. The molecular formula is C14H17NO6. The standard InChI is InChI=1S/C14H17NO6/c16-11-4-2-1-3-5-13(11)21-12-7-6-9(15(19)20)8-10(12)14(17)18/h6-8,11,13,16H,1-5H2,(H,17,18).